The highest BCUT2D eigenvalue weighted by Crippen LogP contribution is 2.12. The molecule has 16 heteroatoms. The van der Waals surface area contributed by atoms with Gasteiger partial charge < -0.3 is 53.6 Å². The summed E-state index contributed by atoms with van der Waals surface area (Å²) in [6.45, 7) is 1.39. The minimum absolute atomic E-state index is 0.00873. The van der Waals surface area contributed by atoms with Crippen molar-refractivity contribution < 1.29 is 44.4 Å². The van der Waals surface area contributed by atoms with Crippen LogP contribution in [0.15, 0.2) is 29.3 Å². The van der Waals surface area contributed by atoms with Crippen molar-refractivity contribution in [1.82, 2.24) is 16.0 Å². The summed E-state index contributed by atoms with van der Waals surface area (Å²) in [5.41, 5.74) is 16.7. The molecule has 5 unspecified atom stereocenters. The molecule has 3 amide bonds. The van der Waals surface area contributed by atoms with Gasteiger partial charge in [0.15, 0.2) is 5.96 Å². The molecule has 0 radical (unpaired) electrons. The number of guanidine groups is 1. The van der Waals surface area contributed by atoms with Crippen LogP contribution in [0.2, 0.25) is 0 Å². The Bertz CT molecular complexity index is 1040. The van der Waals surface area contributed by atoms with Crippen molar-refractivity contribution in [2.24, 2.45) is 22.2 Å². The van der Waals surface area contributed by atoms with Gasteiger partial charge >= 0.3 is 11.9 Å². The number of nitrogens with one attached hydrogen (secondary N) is 3. The summed E-state index contributed by atoms with van der Waals surface area (Å²) in [6, 6.07) is -0.231. The second kappa shape index (κ2) is 15.7. The third kappa shape index (κ3) is 12.1. The monoisotopic (exact) mass is 553 g/mol. The van der Waals surface area contributed by atoms with Gasteiger partial charge in [-0.15, -0.1) is 0 Å². The van der Waals surface area contributed by atoms with Crippen molar-refractivity contribution in [2.45, 2.75) is 62.9 Å². The Kier molecular flexibility index (Phi) is 13.1. The number of phenolic OH excluding ortho intramolecular Hbond substituents is 1. The number of carboxylic acid groups (broad SMARTS) is 2. The Hall–Kier alpha value is -4.44. The normalized spacial score (nSPS) is 14.5. The van der Waals surface area contributed by atoms with E-state index < -0.39 is 66.4 Å². The number of aromatic hydroxyl groups is 1. The molecular weight excluding hydrogens is 518 g/mol. The minimum atomic E-state index is -1.78. The fourth-order valence-corrected chi connectivity index (χ4v) is 3.26. The SMILES string of the molecule is CC(O)C(N)C(=O)NC(CCCN=C(N)N)C(=O)NC(Cc1ccc(O)cc1)C(=O)NC(CC(=O)O)C(=O)O. The lowest BCUT2D eigenvalue weighted by Crippen LogP contribution is -2.58. The van der Waals surface area contributed by atoms with E-state index >= 15 is 0 Å². The Morgan fingerprint density at radius 3 is 1.95 bits per heavy atom. The smallest absolute Gasteiger partial charge is 0.326 e. The molecule has 0 aromatic heterocycles. The first kappa shape index (κ1) is 32.6. The number of amides is 3. The van der Waals surface area contributed by atoms with E-state index in [0.29, 0.717) is 5.56 Å². The fraction of sp³-hybridized carbons (Fsp3) is 0.478. The number of aliphatic hydroxyl groups is 1. The zero-order valence-electron chi connectivity index (χ0n) is 21.2. The van der Waals surface area contributed by atoms with Crippen LogP contribution in [0, 0.1) is 0 Å². The van der Waals surface area contributed by atoms with Crippen LogP contribution >= 0.6 is 0 Å². The molecule has 0 aliphatic heterocycles. The molecule has 0 saturated carbocycles. The first-order chi connectivity index (χ1) is 18.2. The average molecular weight is 554 g/mol. The van der Waals surface area contributed by atoms with Crippen LogP contribution in [0.5, 0.6) is 5.75 Å². The van der Waals surface area contributed by atoms with Crippen molar-refractivity contribution in [1.29, 1.82) is 0 Å². The summed E-state index contributed by atoms with van der Waals surface area (Å²) in [6.07, 6.45) is -2.12. The molecule has 0 aliphatic carbocycles. The first-order valence-electron chi connectivity index (χ1n) is 11.8. The quantitative estimate of drug-likeness (QED) is 0.0547. The van der Waals surface area contributed by atoms with E-state index in [4.69, 9.17) is 22.3 Å². The lowest BCUT2D eigenvalue weighted by atomic mass is 10.0. The number of carbonyl (C=O) groups excluding carboxylic acids is 3. The maximum Gasteiger partial charge on any atom is 0.326 e. The molecule has 13 N–H and O–H groups in total. The van der Waals surface area contributed by atoms with Gasteiger partial charge in [-0.25, -0.2) is 4.79 Å². The van der Waals surface area contributed by atoms with Gasteiger partial charge in [-0.05, 0) is 37.5 Å². The number of rotatable bonds is 16. The number of carbonyl (C=O) groups is 5. The molecule has 16 nitrogen and oxygen atoms in total. The van der Waals surface area contributed by atoms with Crippen molar-refractivity contribution in [3.05, 3.63) is 29.8 Å². The summed E-state index contributed by atoms with van der Waals surface area (Å²) < 4.78 is 0. The predicted octanol–water partition coefficient (Wildman–Crippen LogP) is -3.29. The van der Waals surface area contributed by atoms with Gasteiger partial charge in [0.05, 0.1) is 12.5 Å². The second-order valence-electron chi connectivity index (χ2n) is 8.71. The first-order valence-corrected chi connectivity index (χ1v) is 11.8. The zero-order chi connectivity index (χ0) is 29.7. The molecule has 0 bridgehead atoms. The van der Waals surface area contributed by atoms with Crippen LogP contribution in [0.25, 0.3) is 0 Å². The number of carboxylic acids is 2. The number of aliphatic hydroxyl groups excluding tert-OH is 1. The van der Waals surface area contributed by atoms with Crippen molar-refractivity contribution in [3.63, 3.8) is 0 Å². The molecule has 0 heterocycles. The van der Waals surface area contributed by atoms with Crippen molar-refractivity contribution in [3.8, 4) is 5.75 Å². The molecule has 0 spiro atoms. The Labute approximate surface area is 223 Å². The third-order valence-electron chi connectivity index (χ3n) is 5.40. The molecule has 1 aromatic carbocycles. The molecule has 0 fully saturated rings. The second-order valence-corrected chi connectivity index (χ2v) is 8.71. The molecule has 1 rings (SSSR count). The highest BCUT2D eigenvalue weighted by atomic mass is 16.4. The van der Waals surface area contributed by atoms with Gasteiger partial charge in [0, 0.05) is 13.0 Å². The molecule has 1 aromatic rings. The zero-order valence-corrected chi connectivity index (χ0v) is 21.2. The van der Waals surface area contributed by atoms with Crippen LogP contribution in [-0.4, -0.2) is 92.9 Å². The number of aliphatic carboxylic acids is 2. The molecular formula is C23H35N7O9. The summed E-state index contributed by atoms with van der Waals surface area (Å²) in [7, 11) is 0. The van der Waals surface area contributed by atoms with Crippen LogP contribution in [-0.2, 0) is 30.4 Å². The lowest BCUT2D eigenvalue weighted by molar-refractivity contribution is -0.147. The Morgan fingerprint density at radius 2 is 1.44 bits per heavy atom. The number of aliphatic imine (C=N–C) groups is 1. The Morgan fingerprint density at radius 1 is 0.897 bits per heavy atom. The standard InChI is InChI=1S/C23H35N7O9/c1-11(31)18(24)21(37)28-14(3-2-8-27-23(25)26)19(35)29-15(9-12-4-6-13(32)7-5-12)20(36)30-16(22(38)39)10-17(33)34/h4-7,11,14-16,18,31-32H,2-3,8-10,24H2,1H3,(H,28,37)(H,29,35)(H,30,36)(H,33,34)(H,38,39)(H4,25,26,27). The highest BCUT2D eigenvalue weighted by molar-refractivity contribution is 5.94. The van der Waals surface area contributed by atoms with E-state index in [1.54, 1.807) is 0 Å². The lowest BCUT2D eigenvalue weighted by Gasteiger charge is -2.25. The minimum Gasteiger partial charge on any atom is -0.508 e. The summed E-state index contributed by atoms with van der Waals surface area (Å²) >= 11 is 0. The third-order valence-corrected chi connectivity index (χ3v) is 5.40. The average Bonchev–Trinajstić information content (AvgIpc) is 2.84. The number of benzene rings is 1. The number of phenols is 1. The predicted molar refractivity (Wildman–Crippen MR) is 137 cm³/mol. The fourth-order valence-electron chi connectivity index (χ4n) is 3.26. The van der Waals surface area contributed by atoms with Crippen molar-refractivity contribution >= 4 is 35.6 Å². The van der Waals surface area contributed by atoms with Gasteiger partial charge in [0.25, 0.3) is 0 Å². The van der Waals surface area contributed by atoms with E-state index in [2.05, 4.69) is 20.9 Å². The van der Waals surface area contributed by atoms with Crippen molar-refractivity contribution in [2.75, 3.05) is 6.54 Å². The topological polar surface area (TPSA) is 293 Å². The number of nitrogens with zero attached hydrogens (tertiary/aromatic N) is 1. The maximum atomic E-state index is 13.2. The summed E-state index contributed by atoms with van der Waals surface area (Å²) in [5.74, 6) is -6.02. The van der Waals surface area contributed by atoms with E-state index in [1.165, 1.54) is 31.2 Å². The van der Waals surface area contributed by atoms with E-state index in [9.17, 15) is 39.3 Å². The largest absolute Gasteiger partial charge is 0.508 e. The molecule has 0 aliphatic rings. The summed E-state index contributed by atoms with van der Waals surface area (Å²) in [4.78, 5) is 64.9. The van der Waals surface area contributed by atoms with Gasteiger partial charge in [0.1, 0.15) is 29.9 Å². The van der Waals surface area contributed by atoms with E-state index in [0.717, 1.165) is 0 Å². The summed E-state index contributed by atoms with van der Waals surface area (Å²) in [5, 5.41) is 44.3. The molecule has 0 saturated heterocycles. The van der Waals surface area contributed by atoms with E-state index in [1.807, 2.05) is 0 Å². The maximum absolute atomic E-state index is 13.2. The van der Waals surface area contributed by atoms with Gasteiger partial charge in [0.2, 0.25) is 17.7 Å². The van der Waals surface area contributed by atoms with Crippen LogP contribution in [0.1, 0.15) is 31.7 Å². The molecule has 216 valence electrons. The van der Waals surface area contributed by atoms with Gasteiger partial charge in [-0.3, -0.25) is 24.2 Å². The van der Waals surface area contributed by atoms with Gasteiger partial charge in [-0.1, -0.05) is 12.1 Å². The number of nitrogens with two attached hydrogens (primary N) is 3. The van der Waals surface area contributed by atoms with Crippen LogP contribution < -0.4 is 33.2 Å². The van der Waals surface area contributed by atoms with Gasteiger partial charge in [-0.2, -0.15) is 0 Å². The Balaban J connectivity index is 3.21. The molecule has 5 atom stereocenters. The van der Waals surface area contributed by atoms with Crippen LogP contribution in [0.3, 0.4) is 0 Å². The van der Waals surface area contributed by atoms with Crippen LogP contribution in [0.4, 0.5) is 0 Å². The van der Waals surface area contributed by atoms with E-state index in [-0.39, 0.29) is 37.5 Å². The number of hydrogen-bond acceptors (Lipinski definition) is 9. The molecule has 39 heavy (non-hydrogen) atoms. The highest BCUT2D eigenvalue weighted by Gasteiger charge is 2.31. The number of hydrogen-bond donors (Lipinski definition) is 10.